The second-order valence-electron chi connectivity index (χ2n) is 8.40. The summed E-state index contributed by atoms with van der Waals surface area (Å²) in [5, 5.41) is 17.3. The number of nitrogens with one attached hydrogen (secondary N) is 2. The van der Waals surface area contributed by atoms with Gasteiger partial charge in [-0.15, -0.1) is 0 Å². The fourth-order valence-electron chi connectivity index (χ4n) is 3.79. The monoisotopic (exact) mass is 476 g/mol. The predicted octanol–water partition coefficient (Wildman–Crippen LogP) is 1.75. The van der Waals surface area contributed by atoms with Gasteiger partial charge in [0, 0.05) is 45.1 Å². The van der Waals surface area contributed by atoms with Gasteiger partial charge >= 0.3 is 0 Å². The molecule has 0 radical (unpaired) electrons. The van der Waals surface area contributed by atoms with E-state index in [0.717, 1.165) is 16.3 Å². The number of nitrogens with zero attached hydrogens (tertiary/aromatic N) is 1. The van der Waals surface area contributed by atoms with Crippen LogP contribution in [0.2, 0.25) is 0 Å². The first-order valence-electron chi connectivity index (χ1n) is 11.6. The first-order chi connectivity index (χ1) is 16.9. The number of para-hydroxylation sites is 1. The molecule has 3 amide bonds. The molecule has 0 saturated heterocycles. The van der Waals surface area contributed by atoms with Crippen LogP contribution in [0.4, 0.5) is 5.69 Å². The second kappa shape index (κ2) is 12.6. The molecule has 5 N–H and O–H groups in total. The Bertz CT molecular complexity index is 1150. The summed E-state index contributed by atoms with van der Waals surface area (Å²) >= 11 is 0. The van der Waals surface area contributed by atoms with Crippen molar-refractivity contribution in [1.29, 1.82) is 0 Å². The highest BCUT2D eigenvalue weighted by atomic mass is 16.3. The molecule has 0 aliphatic carbocycles. The maximum atomic E-state index is 12.9. The molecule has 0 aromatic heterocycles. The van der Waals surface area contributed by atoms with Gasteiger partial charge in [0.25, 0.3) is 0 Å². The standard InChI is InChI=1S/C27H32N4O4/c1-19(32)31(23-9-3-2-4-10-23)14-13-26(34)30-25(27(35)29-18-24(33)17-28)16-20-11-12-21-7-5-6-8-22(21)15-20/h2-12,15,24-25,33H,13-14,16-18,28H2,1H3,(H,29,35)(H,30,34)/t24?,25-/m1/s1. The van der Waals surface area contributed by atoms with Crippen LogP contribution in [0.15, 0.2) is 72.8 Å². The Balaban J connectivity index is 1.70. The summed E-state index contributed by atoms with van der Waals surface area (Å²) in [5.41, 5.74) is 7.02. The minimum absolute atomic E-state index is 0.00839. The maximum absolute atomic E-state index is 12.9. The van der Waals surface area contributed by atoms with Crippen molar-refractivity contribution in [2.75, 3.05) is 24.5 Å². The van der Waals surface area contributed by atoms with Crippen LogP contribution in [0, 0.1) is 0 Å². The van der Waals surface area contributed by atoms with E-state index in [9.17, 15) is 19.5 Å². The van der Waals surface area contributed by atoms with Crippen molar-refractivity contribution >= 4 is 34.2 Å². The Morgan fingerprint density at radius 3 is 2.34 bits per heavy atom. The molecule has 8 heteroatoms. The molecule has 0 aliphatic rings. The smallest absolute Gasteiger partial charge is 0.243 e. The number of aliphatic hydroxyl groups is 1. The fourth-order valence-corrected chi connectivity index (χ4v) is 3.79. The molecule has 35 heavy (non-hydrogen) atoms. The van der Waals surface area contributed by atoms with Crippen molar-refractivity contribution < 1.29 is 19.5 Å². The number of benzene rings is 3. The molecule has 0 heterocycles. The van der Waals surface area contributed by atoms with Crippen molar-refractivity contribution in [2.24, 2.45) is 5.73 Å². The Morgan fingerprint density at radius 1 is 0.971 bits per heavy atom. The Morgan fingerprint density at radius 2 is 1.66 bits per heavy atom. The van der Waals surface area contributed by atoms with Gasteiger partial charge in [-0.05, 0) is 28.5 Å². The summed E-state index contributed by atoms with van der Waals surface area (Å²) in [5.74, 6) is -0.941. The van der Waals surface area contributed by atoms with E-state index in [1.54, 1.807) is 12.1 Å². The summed E-state index contributed by atoms with van der Waals surface area (Å²) in [4.78, 5) is 39.3. The lowest BCUT2D eigenvalue weighted by atomic mass is 10.0. The lowest BCUT2D eigenvalue weighted by molar-refractivity contribution is -0.129. The van der Waals surface area contributed by atoms with Gasteiger partial charge in [0.05, 0.1) is 6.10 Å². The van der Waals surface area contributed by atoms with Crippen molar-refractivity contribution in [3.05, 3.63) is 78.4 Å². The van der Waals surface area contributed by atoms with E-state index in [1.165, 1.54) is 11.8 Å². The second-order valence-corrected chi connectivity index (χ2v) is 8.40. The van der Waals surface area contributed by atoms with Crippen LogP contribution >= 0.6 is 0 Å². The molecule has 0 aliphatic heterocycles. The zero-order valence-electron chi connectivity index (χ0n) is 19.8. The fraction of sp³-hybridized carbons (Fsp3) is 0.296. The number of carbonyl (C=O) groups excluding carboxylic acids is 3. The molecule has 0 saturated carbocycles. The average molecular weight is 477 g/mol. The van der Waals surface area contributed by atoms with Gasteiger partial charge in [0.15, 0.2) is 0 Å². The van der Waals surface area contributed by atoms with Crippen molar-refractivity contribution in [3.63, 3.8) is 0 Å². The number of fused-ring (bicyclic) bond motifs is 1. The Kier molecular flexibility index (Phi) is 9.34. The lowest BCUT2D eigenvalue weighted by Crippen LogP contribution is -2.50. The van der Waals surface area contributed by atoms with Crippen LogP contribution in [-0.2, 0) is 20.8 Å². The van der Waals surface area contributed by atoms with Gasteiger partial charge < -0.3 is 26.4 Å². The number of aliphatic hydroxyl groups excluding tert-OH is 1. The zero-order chi connectivity index (χ0) is 25.2. The van der Waals surface area contributed by atoms with Crippen molar-refractivity contribution in [2.45, 2.75) is 31.9 Å². The number of amides is 3. The SMILES string of the molecule is CC(=O)N(CCC(=O)N[C@H](Cc1ccc2ccccc2c1)C(=O)NCC(O)CN)c1ccccc1. The third-order valence-electron chi connectivity index (χ3n) is 5.70. The molecular weight excluding hydrogens is 444 g/mol. The third-order valence-corrected chi connectivity index (χ3v) is 5.70. The molecule has 1 unspecified atom stereocenters. The molecular formula is C27H32N4O4. The van der Waals surface area contributed by atoms with Gasteiger partial charge in [0.2, 0.25) is 17.7 Å². The average Bonchev–Trinajstić information content (AvgIpc) is 2.87. The van der Waals surface area contributed by atoms with Crippen molar-refractivity contribution in [1.82, 2.24) is 10.6 Å². The molecule has 0 fully saturated rings. The highest BCUT2D eigenvalue weighted by Gasteiger charge is 2.23. The maximum Gasteiger partial charge on any atom is 0.243 e. The van der Waals surface area contributed by atoms with E-state index in [4.69, 9.17) is 5.73 Å². The Hall–Kier alpha value is -3.75. The number of hydrogen-bond acceptors (Lipinski definition) is 5. The normalized spacial score (nSPS) is 12.5. The molecule has 8 nitrogen and oxygen atoms in total. The predicted molar refractivity (Wildman–Crippen MR) is 137 cm³/mol. The van der Waals surface area contributed by atoms with E-state index in [1.807, 2.05) is 60.7 Å². The van der Waals surface area contributed by atoms with E-state index >= 15 is 0 Å². The number of hydrogen-bond donors (Lipinski definition) is 4. The van der Waals surface area contributed by atoms with Gasteiger partial charge in [-0.3, -0.25) is 14.4 Å². The number of anilines is 1. The van der Waals surface area contributed by atoms with E-state index in [2.05, 4.69) is 10.6 Å². The topological polar surface area (TPSA) is 125 Å². The number of nitrogens with two attached hydrogens (primary N) is 1. The number of rotatable bonds is 11. The highest BCUT2D eigenvalue weighted by Crippen LogP contribution is 2.17. The van der Waals surface area contributed by atoms with Crippen LogP contribution < -0.4 is 21.3 Å². The first kappa shape index (κ1) is 25.9. The van der Waals surface area contributed by atoms with E-state index < -0.39 is 18.1 Å². The molecule has 3 aromatic carbocycles. The first-order valence-corrected chi connectivity index (χ1v) is 11.6. The summed E-state index contributed by atoms with van der Waals surface area (Å²) in [6.45, 7) is 1.64. The highest BCUT2D eigenvalue weighted by molar-refractivity contribution is 5.93. The van der Waals surface area contributed by atoms with Gasteiger partial charge in [-0.1, -0.05) is 60.7 Å². The summed E-state index contributed by atoms with van der Waals surface area (Å²) in [6, 6.07) is 22.1. The lowest BCUT2D eigenvalue weighted by Gasteiger charge is -2.23. The van der Waals surface area contributed by atoms with Crippen LogP contribution in [0.1, 0.15) is 18.9 Å². The summed E-state index contributed by atoms with van der Waals surface area (Å²) in [7, 11) is 0. The molecule has 3 aromatic rings. The van der Waals surface area contributed by atoms with Crippen LogP contribution in [0.3, 0.4) is 0 Å². The van der Waals surface area contributed by atoms with Crippen LogP contribution in [-0.4, -0.2) is 54.6 Å². The van der Waals surface area contributed by atoms with E-state index in [-0.39, 0.29) is 44.3 Å². The van der Waals surface area contributed by atoms with Gasteiger partial charge in [0.1, 0.15) is 6.04 Å². The molecule has 184 valence electrons. The zero-order valence-corrected chi connectivity index (χ0v) is 19.8. The van der Waals surface area contributed by atoms with Gasteiger partial charge in [-0.2, -0.15) is 0 Å². The number of carbonyl (C=O) groups is 3. The van der Waals surface area contributed by atoms with E-state index in [0.29, 0.717) is 5.69 Å². The quantitative estimate of drug-likeness (QED) is 0.336. The van der Waals surface area contributed by atoms with Gasteiger partial charge in [-0.25, -0.2) is 0 Å². The molecule has 2 atom stereocenters. The minimum Gasteiger partial charge on any atom is -0.390 e. The Labute approximate surface area is 205 Å². The molecule has 0 bridgehead atoms. The summed E-state index contributed by atoms with van der Waals surface area (Å²) in [6.07, 6.45) is -0.566. The minimum atomic E-state index is -0.869. The summed E-state index contributed by atoms with van der Waals surface area (Å²) < 4.78 is 0. The molecule has 3 rings (SSSR count). The largest absolute Gasteiger partial charge is 0.390 e. The third kappa shape index (κ3) is 7.63. The molecule has 0 spiro atoms. The van der Waals surface area contributed by atoms with Crippen LogP contribution in [0.5, 0.6) is 0 Å². The van der Waals surface area contributed by atoms with Crippen LogP contribution in [0.25, 0.3) is 10.8 Å². The van der Waals surface area contributed by atoms with Crippen molar-refractivity contribution in [3.8, 4) is 0 Å².